The van der Waals surface area contributed by atoms with E-state index >= 15 is 0 Å². The van der Waals surface area contributed by atoms with Crippen LogP contribution in [-0.2, 0) is 6.54 Å². The van der Waals surface area contributed by atoms with E-state index in [4.69, 9.17) is 5.73 Å². The Bertz CT molecular complexity index is 672. The molecule has 0 aliphatic rings. The zero-order chi connectivity index (χ0) is 13.8. The number of nitrogen functional groups attached to an aromatic ring is 1. The van der Waals surface area contributed by atoms with Gasteiger partial charge < -0.3 is 20.6 Å². The predicted octanol–water partition coefficient (Wildman–Crippen LogP) is 1.02. The molecule has 0 aromatic carbocycles. The number of hydrogen-bond acceptors (Lipinski definition) is 6. The molecule has 8 heteroatoms. The van der Waals surface area contributed by atoms with Crippen LogP contribution in [0.3, 0.4) is 0 Å². The molecular weight excluding hydrogens is 256 g/mol. The molecule has 20 heavy (non-hydrogen) atoms. The molecule has 0 radical (unpaired) electrons. The fraction of sp³-hybridized carbons (Fsp3) is 0.333. The number of aromatic amines is 1. The molecule has 0 unspecified atom stereocenters. The van der Waals surface area contributed by atoms with Crippen LogP contribution in [0.1, 0.15) is 12.8 Å². The molecule has 0 aliphatic carbocycles. The SMILES string of the molecule is Nc1nc(NCCCCn2ccnc2)c2[nH]cnc2n1. The molecule has 0 saturated carbocycles. The van der Waals surface area contributed by atoms with Crippen molar-refractivity contribution in [2.45, 2.75) is 19.4 Å². The second-order valence-corrected chi connectivity index (χ2v) is 4.47. The van der Waals surface area contributed by atoms with Gasteiger partial charge in [-0.25, -0.2) is 9.97 Å². The summed E-state index contributed by atoms with van der Waals surface area (Å²) in [6.07, 6.45) is 9.26. The number of fused-ring (bicyclic) bond motifs is 1. The Morgan fingerprint density at radius 3 is 3.10 bits per heavy atom. The predicted molar refractivity (Wildman–Crippen MR) is 76.0 cm³/mol. The fourth-order valence-corrected chi connectivity index (χ4v) is 2.02. The van der Waals surface area contributed by atoms with E-state index < -0.39 is 0 Å². The van der Waals surface area contributed by atoms with Gasteiger partial charge in [-0.05, 0) is 12.8 Å². The lowest BCUT2D eigenvalue weighted by Crippen LogP contribution is -2.07. The lowest BCUT2D eigenvalue weighted by molar-refractivity contribution is 0.621. The van der Waals surface area contributed by atoms with Gasteiger partial charge in [0.2, 0.25) is 5.95 Å². The molecule has 0 atom stereocenters. The minimum atomic E-state index is 0.227. The second-order valence-electron chi connectivity index (χ2n) is 4.47. The van der Waals surface area contributed by atoms with Gasteiger partial charge in [-0.3, -0.25) is 0 Å². The van der Waals surface area contributed by atoms with E-state index in [0.29, 0.717) is 11.5 Å². The van der Waals surface area contributed by atoms with Crippen LogP contribution < -0.4 is 11.1 Å². The van der Waals surface area contributed by atoms with E-state index in [0.717, 1.165) is 31.4 Å². The summed E-state index contributed by atoms with van der Waals surface area (Å²) >= 11 is 0. The number of unbranched alkanes of at least 4 members (excludes halogenated alkanes) is 1. The van der Waals surface area contributed by atoms with Gasteiger partial charge in [0, 0.05) is 25.5 Å². The minimum Gasteiger partial charge on any atom is -0.368 e. The molecule has 0 amide bonds. The van der Waals surface area contributed by atoms with E-state index in [1.165, 1.54) is 0 Å². The number of nitrogens with two attached hydrogens (primary N) is 1. The van der Waals surface area contributed by atoms with Crippen molar-refractivity contribution in [3.05, 3.63) is 25.0 Å². The largest absolute Gasteiger partial charge is 0.368 e. The van der Waals surface area contributed by atoms with Gasteiger partial charge in [0.15, 0.2) is 11.5 Å². The molecule has 3 aromatic rings. The van der Waals surface area contributed by atoms with Crippen LogP contribution in [0.4, 0.5) is 11.8 Å². The monoisotopic (exact) mass is 272 g/mol. The number of imidazole rings is 2. The first kappa shape index (κ1) is 12.4. The average Bonchev–Trinajstić information content (AvgIpc) is 3.08. The van der Waals surface area contributed by atoms with Crippen LogP contribution in [0.5, 0.6) is 0 Å². The van der Waals surface area contributed by atoms with E-state index in [9.17, 15) is 0 Å². The van der Waals surface area contributed by atoms with Gasteiger partial charge >= 0.3 is 0 Å². The summed E-state index contributed by atoms with van der Waals surface area (Å²) in [6.45, 7) is 1.78. The Kier molecular flexibility index (Phi) is 3.44. The van der Waals surface area contributed by atoms with Gasteiger partial charge in [0.05, 0.1) is 12.7 Å². The lowest BCUT2D eigenvalue weighted by Gasteiger charge is -2.07. The highest BCUT2D eigenvalue weighted by Gasteiger charge is 2.07. The molecule has 0 bridgehead atoms. The van der Waals surface area contributed by atoms with Gasteiger partial charge in [0.1, 0.15) is 5.52 Å². The topological polar surface area (TPSA) is 110 Å². The Labute approximate surface area is 115 Å². The number of H-pyrrole nitrogens is 1. The van der Waals surface area contributed by atoms with Crippen LogP contribution in [0.15, 0.2) is 25.0 Å². The summed E-state index contributed by atoms with van der Waals surface area (Å²) in [7, 11) is 0. The average molecular weight is 272 g/mol. The summed E-state index contributed by atoms with van der Waals surface area (Å²) in [5.41, 5.74) is 7.02. The number of nitrogens with one attached hydrogen (secondary N) is 2. The highest BCUT2D eigenvalue weighted by atomic mass is 15.1. The quantitative estimate of drug-likeness (QED) is 0.578. The number of aromatic nitrogens is 6. The molecule has 0 aliphatic heterocycles. The maximum Gasteiger partial charge on any atom is 0.224 e. The van der Waals surface area contributed by atoms with E-state index in [1.807, 2.05) is 12.5 Å². The van der Waals surface area contributed by atoms with Crippen molar-refractivity contribution < 1.29 is 0 Å². The Balaban J connectivity index is 1.53. The standard InChI is InChI=1S/C12H16N8/c13-12-18-10(9-11(19-12)17-7-16-9)15-3-1-2-5-20-6-4-14-8-20/h4,6-8H,1-3,5H2,(H4,13,15,16,17,18,19). The first-order valence-electron chi connectivity index (χ1n) is 6.49. The molecule has 8 nitrogen and oxygen atoms in total. The first-order chi connectivity index (χ1) is 9.83. The lowest BCUT2D eigenvalue weighted by atomic mass is 10.3. The van der Waals surface area contributed by atoms with Crippen molar-refractivity contribution in [1.82, 2.24) is 29.5 Å². The van der Waals surface area contributed by atoms with Crippen molar-refractivity contribution in [2.75, 3.05) is 17.6 Å². The van der Waals surface area contributed by atoms with Gasteiger partial charge in [-0.1, -0.05) is 0 Å². The minimum absolute atomic E-state index is 0.227. The number of rotatable bonds is 6. The summed E-state index contributed by atoms with van der Waals surface area (Å²) < 4.78 is 2.07. The number of anilines is 2. The van der Waals surface area contributed by atoms with E-state index in [2.05, 4.69) is 34.8 Å². The molecule has 4 N–H and O–H groups in total. The summed E-state index contributed by atoms with van der Waals surface area (Å²) in [4.78, 5) is 19.3. The van der Waals surface area contributed by atoms with Gasteiger partial charge in [-0.15, -0.1) is 0 Å². The van der Waals surface area contributed by atoms with Gasteiger partial charge in [-0.2, -0.15) is 9.97 Å². The van der Waals surface area contributed by atoms with Crippen LogP contribution in [0, 0.1) is 0 Å². The van der Waals surface area contributed by atoms with Crippen molar-refractivity contribution in [2.24, 2.45) is 0 Å². The third-order valence-corrected chi connectivity index (χ3v) is 3.00. The van der Waals surface area contributed by atoms with Gasteiger partial charge in [0.25, 0.3) is 0 Å². The number of nitrogens with zero attached hydrogens (tertiary/aromatic N) is 5. The summed E-state index contributed by atoms with van der Waals surface area (Å²) in [5.74, 6) is 0.929. The fourth-order valence-electron chi connectivity index (χ4n) is 2.02. The normalized spacial score (nSPS) is 11.0. The maximum atomic E-state index is 5.65. The van der Waals surface area contributed by atoms with Crippen molar-refractivity contribution in [3.8, 4) is 0 Å². The van der Waals surface area contributed by atoms with E-state index in [-0.39, 0.29) is 5.95 Å². The Morgan fingerprint density at radius 1 is 1.30 bits per heavy atom. The number of aryl methyl sites for hydroxylation is 1. The van der Waals surface area contributed by atoms with Crippen molar-refractivity contribution in [3.63, 3.8) is 0 Å². The second kappa shape index (κ2) is 5.55. The van der Waals surface area contributed by atoms with E-state index in [1.54, 1.807) is 12.5 Å². The van der Waals surface area contributed by atoms with Crippen molar-refractivity contribution >= 4 is 22.9 Å². The number of hydrogen-bond donors (Lipinski definition) is 3. The smallest absolute Gasteiger partial charge is 0.224 e. The van der Waals surface area contributed by atoms with Crippen LogP contribution >= 0.6 is 0 Å². The molecule has 0 saturated heterocycles. The Morgan fingerprint density at radius 2 is 2.25 bits per heavy atom. The van der Waals surface area contributed by atoms with Crippen molar-refractivity contribution in [1.29, 1.82) is 0 Å². The highest BCUT2D eigenvalue weighted by molar-refractivity contribution is 5.83. The van der Waals surface area contributed by atoms with Crippen LogP contribution in [0.2, 0.25) is 0 Å². The first-order valence-corrected chi connectivity index (χ1v) is 6.49. The van der Waals surface area contributed by atoms with Crippen LogP contribution in [0.25, 0.3) is 11.2 Å². The molecule has 0 spiro atoms. The summed E-state index contributed by atoms with van der Waals surface area (Å²) in [6, 6.07) is 0. The maximum absolute atomic E-state index is 5.65. The third kappa shape index (κ3) is 2.68. The molecule has 0 fully saturated rings. The van der Waals surface area contributed by atoms with Crippen LogP contribution in [-0.4, -0.2) is 36.0 Å². The molecule has 3 rings (SSSR count). The molecular formula is C12H16N8. The summed E-state index contributed by atoms with van der Waals surface area (Å²) in [5, 5.41) is 3.27. The molecule has 3 heterocycles. The highest BCUT2D eigenvalue weighted by Crippen LogP contribution is 2.17. The Hall–Kier alpha value is -2.64. The zero-order valence-corrected chi connectivity index (χ0v) is 11.0. The molecule has 3 aromatic heterocycles. The zero-order valence-electron chi connectivity index (χ0n) is 11.0. The molecule has 104 valence electrons. The third-order valence-electron chi connectivity index (χ3n) is 3.00.